The molecule has 0 saturated carbocycles. The molecule has 0 unspecified atom stereocenters. The van der Waals surface area contributed by atoms with Crippen LogP contribution in [0, 0.1) is 0 Å². The number of esters is 1. The molecule has 0 bridgehead atoms. The second-order valence-electron chi connectivity index (χ2n) is 3.68. The van der Waals surface area contributed by atoms with Gasteiger partial charge in [0.05, 0.1) is 7.11 Å². The molecule has 2 rings (SSSR count). The van der Waals surface area contributed by atoms with E-state index in [0.717, 1.165) is 16.3 Å². The van der Waals surface area contributed by atoms with E-state index in [1.165, 1.54) is 13.2 Å². The van der Waals surface area contributed by atoms with Gasteiger partial charge in [-0.15, -0.1) is 0 Å². The van der Waals surface area contributed by atoms with Crippen molar-refractivity contribution >= 4 is 28.5 Å². The van der Waals surface area contributed by atoms with Crippen molar-refractivity contribution in [2.45, 2.75) is 0 Å². The molecule has 2 aromatic rings. The number of fused-ring (bicyclic) bond motifs is 1. The summed E-state index contributed by atoms with van der Waals surface area (Å²) in [5.41, 5.74) is 7.37. The van der Waals surface area contributed by atoms with Gasteiger partial charge < -0.3 is 15.9 Å². The van der Waals surface area contributed by atoms with Crippen molar-refractivity contribution in [3.8, 4) is 0 Å². The van der Waals surface area contributed by atoms with E-state index < -0.39 is 5.97 Å². The molecule has 94 valence electrons. The van der Waals surface area contributed by atoms with Crippen molar-refractivity contribution in [1.29, 1.82) is 0 Å². The number of anilines is 1. The second kappa shape index (κ2) is 5.84. The summed E-state index contributed by atoms with van der Waals surface area (Å²) >= 11 is 0. The predicted octanol–water partition coefficient (Wildman–Crippen LogP) is 1.78. The van der Waals surface area contributed by atoms with Crippen LogP contribution in [0.3, 0.4) is 0 Å². The van der Waals surface area contributed by atoms with Gasteiger partial charge in [-0.05, 0) is 34.5 Å². The molecule has 18 heavy (non-hydrogen) atoms. The Labute approximate surface area is 105 Å². The van der Waals surface area contributed by atoms with E-state index in [2.05, 4.69) is 4.74 Å². The molecule has 0 fully saturated rings. The number of hydrogen-bond donors (Lipinski definition) is 1. The van der Waals surface area contributed by atoms with Crippen LogP contribution in [0.1, 0.15) is 5.56 Å². The van der Waals surface area contributed by atoms with E-state index in [1.54, 1.807) is 6.08 Å². The van der Waals surface area contributed by atoms with Crippen LogP contribution in [0.5, 0.6) is 0 Å². The monoisotopic (exact) mass is 245 g/mol. The number of nitrogens with two attached hydrogens (primary N) is 1. The van der Waals surface area contributed by atoms with Crippen molar-refractivity contribution in [2.75, 3.05) is 12.8 Å². The maximum atomic E-state index is 11.0. The van der Waals surface area contributed by atoms with Gasteiger partial charge in [0.2, 0.25) is 0 Å². The van der Waals surface area contributed by atoms with Crippen LogP contribution in [0.2, 0.25) is 0 Å². The third-order valence-corrected chi connectivity index (χ3v) is 2.55. The Kier molecular flexibility index (Phi) is 4.45. The zero-order valence-corrected chi connectivity index (χ0v) is 10.0. The molecular weight excluding hydrogens is 230 g/mol. The highest BCUT2D eigenvalue weighted by atomic mass is 16.5. The SMILES string of the molecule is COC(=O)/C=C/c1cc2ccccc2cc1N.O. The summed E-state index contributed by atoms with van der Waals surface area (Å²) < 4.78 is 4.53. The smallest absolute Gasteiger partial charge is 0.330 e. The number of hydrogen-bond acceptors (Lipinski definition) is 3. The van der Waals surface area contributed by atoms with Gasteiger partial charge in [0.1, 0.15) is 0 Å². The van der Waals surface area contributed by atoms with E-state index in [1.807, 2.05) is 36.4 Å². The molecule has 4 N–H and O–H groups in total. The molecule has 0 amide bonds. The maximum absolute atomic E-state index is 11.0. The van der Waals surface area contributed by atoms with Crippen LogP contribution in [0.4, 0.5) is 5.69 Å². The van der Waals surface area contributed by atoms with E-state index in [9.17, 15) is 4.79 Å². The van der Waals surface area contributed by atoms with Gasteiger partial charge >= 0.3 is 5.97 Å². The summed E-state index contributed by atoms with van der Waals surface area (Å²) in [5, 5.41) is 2.17. The summed E-state index contributed by atoms with van der Waals surface area (Å²) in [5.74, 6) is -0.391. The number of rotatable bonds is 2. The van der Waals surface area contributed by atoms with Gasteiger partial charge in [0, 0.05) is 11.8 Å². The van der Waals surface area contributed by atoms with Crippen LogP contribution in [0.25, 0.3) is 16.8 Å². The lowest BCUT2D eigenvalue weighted by Crippen LogP contribution is -1.94. The predicted molar refractivity (Wildman–Crippen MR) is 73.0 cm³/mol. The molecular formula is C14H15NO3. The van der Waals surface area contributed by atoms with Gasteiger partial charge in [-0.2, -0.15) is 0 Å². The highest BCUT2D eigenvalue weighted by Gasteiger charge is 2.00. The molecule has 0 radical (unpaired) electrons. The van der Waals surface area contributed by atoms with Crippen molar-refractivity contribution in [2.24, 2.45) is 0 Å². The standard InChI is InChI=1S/C14H13NO2.H2O/c1-17-14(16)7-6-12-8-10-4-2-3-5-11(10)9-13(12)15;/h2-9H,15H2,1H3;1H2/b7-6+;. The first kappa shape index (κ1) is 13.7. The number of carbonyl (C=O) groups is 1. The molecule has 4 nitrogen and oxygen atoms in total. The number of carbonyl (C=O) groups excluding carboxylic acids is 1. The molecule has 4 heteroatoms. The summed E-state index contributed by atoms with van der Waals surface area (Å²) in [6.07, 6.45) is 3.02. The molecule has 0 aliphatic rings. The van der Waals surface area contributed by atoms with Crippen LogP contribution in [-0.4, -0.2) is 18.6 Å². The maximum Gasteiger partial charge on any atom is 0.330 e. The number of benzene rings is 2. The molecule has 0 aliphatic heterocycles. The Morgan fingerprint density at radius 1 is 1.22 bits per heavy atom. The quantitative estimate of drug-likeness (QED) is 0.497. The molecule has 0 atom stereocenters. The van der Waals surface area contributed by atoms with Crippen molar-refractivity contribution in [1.82, 2.24) is 0 Å². The lowest BCUT2D eigenvalue weighted by atomic mass is 10.0. The van der Waals surface area contributed by atoms with Crippen molar-refractivity contribution in [3.05, 3.63) is 48.0 Å². The van der Waals surface area contributed by atoms with Crippen LogP contribution in [0.15, 0.2) is 42.5 Å². The summed E-state index contributed by atoms with van der Waals surface area (Å²) in [6.45, 7) is 0. The van der Waals surface area contributed by atoms with Gasteiger partial charge in [0.15, 0.2) is 0 Å². The summed E-state index contributed by atoms with van der Waals surface area (Å²) in [4.78, 5) is 11.0. The molecule has 0 heterocycles. The lowest BCUT2D eigenvalue weighted by molar-refractivity contribution is -0.134. The first-order chi connectivity index (χ1) is 8.20. The third-order valence-electron chi connectivity index (χ3n) is 2.55. The van der Waals surface area contributed by atoms with E-state index >= 15 is 0 Å². The summed E-state index contributed by atoms with van der Waals surface area (Å²) in [6, 6.07) is 11.8. The first-order valence-corrected chi connectivity index (χ1v) is 5.25. The topological polar surface area (TPSA) is 83.8 Å². The molecule has 0 aliphatic carbocycles. The molecule has 2 aromatic carbocycles. The Bertz CT molecular complexity index is 591. The van der Waals surface area contributed by atoms with Gasteiger partial charge in [-0.3, -0.25) is 0 Å². The first-order valence-electron chi connectivity index (χ1n) is 5.25. The Morgan fingerprint density at radius 2 is 1.83 bits per heavy atom. The minimum atomic E-state index is -0.391. The average Bonchev–Trinajstić information content (AvgIpc) is 2.35. The summed E-state index contributed by atoms with van der Waals surface area (Å²) in [7, 11) is 1.34. The molecule has 0 saturated heterocycles. The number of nitrogen functional groups attached to an aromatic ring is 1. The lowest BCUT2D eigenvalue weighted by Gasteiger charge is -2.03. The zero-order valence-electron chi connectivity index (χ0n) is 10.0. The van der Waals surface area contributed by atoms with E-state index in [0.29, 0.717) is 5.69 Å². The average molecular weight is 245 g/mol. The van der Waals surface area contributed by atoms with Gasteiger partial charge in [-0.1, -0.05) is 24.3 Å². The Morgan fingerprint density at radius 3 is 2.44 bits per heavy atom. The fourth-order valence-corrected chi connectivity index (χ4v) is 1.65. The van der Waals surface area contributed by atoms with E-state index in [4.69, 9.17) is 5.73 Å². The zero-order chi connectivity index (χ0) is 12.3. The fourth-order valence-electron chi connectivity index (χ4n) is 1.65. The van der Waals surface area contributed by atoms with Crippen LogP contribution < -0.4 is 5.73 Å². The minimum absolute atomic E-state index is 0. The third kappa shape index (κ3) is 2.87. The van der Waals surface area contributed by atoms with Crippen LogP contribution >= 0.6 is 0 Å². The number of ether oxygens (including phenoxy) is 1. The number of methoxy groups -OCH3 is 1. The highest BCUT2D eigenvalue weighted by molar-refractivity contribution is 5.93. The van der Waals surface area contributed by atoms with Crippen molar-refractivity contribution < 1.29 is 15.0 Å². The van der Waals surface area contributed by atoms with Crippen LogP contribution in [-0.2, 0) is 9.53 Å². The van der Waals surface area contributed by atoms with E-state index in [-0.39, 0.29) is 5.48 Å². The normalized spacial score (nSPS) is 10.3. The molecule has 0 spiro atoms. The highest BCUT2D eigenvalue weighted by Crippen LogP contribution is 2.22. The van der Waals surface area contributed by atoms with Gasteiger partial charge in [0.25, 0.3) is 0 Å². The molecule has 0 aromatic heterocycles. The Balaban J connectivity index is 0.00000162. The largest absolute Gasteiger partial charge is 0.466 e. The fraction of sp³-hybridized carbons (Fsp3) is 0.0714. The van der Waals surface area contributed by atoms with Gasteiger partial charge in [-0.25, -0.2) is 4.79 Å². The minimum Gasteiger partial charge on any atom is -0.466 e. The Hall–Kier alpha value is -2.33. The second-order valence-corrected chi connectivity index (χ2v) is 3.68. The van der Waals surface area contributed by atoms with Crippen molar-refractivity contribution in [3.63, 3.8) is 0 Å².